The van der Waals surface area contributed by atoms with Gasteiger partial charge in [0.15, 0.2) is 0 Å². The average molecular weight is 292 g/mol. The van der Waals surface area contributed by atoms with Crippen LogP contribution in [-0.4, -0.2) is 46.8 Å². The molecule has 0 spiro atoms. The van der Waals surface area contributed by atoms with Crippen molar-refractivity contribution in [3.05, 3.63) is 29.3 Å². The molecule has 0 radical (unpaired) electrons. The third-order valence-corrected chi connectivity index (χ3v) is 4.46. The van der Waals surface area contributed by atoms with Crippen LogP contribution >= 0.6 is 11.3 Å². The Bertz CT molecular complexity index is 580. The summed E-state index contributed by atoms with van der Waals surface area (Å²) in [5, 5.41) is 10.00. The summed E-state index contributed by atoms with van der Waals surface area (Å²) in [6, 6.07) is 7.99. The van der Waals surface area contributed by atoms with Gasteiger partial charge in [-0.3, -0.25) is 9.69 Å². The van der Waals surface area contributed by atoms with Gasteiger partial charge in [0.05, 0.1) is 36.4 Å². The standard InChI is InChI=1S/C14H16N2O3S/c17-14(18)7-10-9-19-6-5-16(10)8-13-15-11-3-1-2-4-12(11)20-13/h1-4,10H,5-9H2,(H,17,18). The zero-order valence-corrected chi connectivity index (χ0v) is 11.8. The first-order valence-electron chi connectivity index (χ1n) is 6.60. The Kier molecular flexibility index (Phi) is 3.95. The van der Waals surface area contributed by atoms with Crippen molar-refractivity contribution in [2.45, 2.75) is 19.0 Å². The fourth-order valence-electron chi connectivity index (χ4n) is 2.45. The number of benzene rings is 1. The van der Waals surface area contributed by atoms with Crippen LogP contribution in [0.15, 0.2) is 24.3 Å². The monoisotopic (exact) mass is 292 g/mol. The Morgan fingerprint density at radius 3 is 3.15 bits per heavy atom. The normalized spacial score (nSPS) is 20.3. The van der Waals surface area contributed by atoms with Crippen LogP contribution in [-0.2, 0) is 16.1 Å². The van der Waals surface area contributed by atoms with E-state index in [2.05, 4.69) is 16.0 Å². The lowest BCUT2D eigenvalue weighted by Gasteiger charge is -2.34. The van der Waals surface area contributed by atoms with E-state index in [1.807, 2.05) is 18.2 Å². The smallest absolute Gasteiger partial charge is 0.305 e. The van der Waals surface area contributed by atoms with Gasteiger partial charge in [-0.25, -0.2) is 4.98 Å². The number of hydrogen-bond acceptors (Lipinski definition) is 5. The van der Waals surface area contributed by atoms with Crippen LogP contribution in [0.5, 0.6) is 0 Å². The summed E-state index contributed by atoms with van der Waals surface area (Å²) in [5.41, 5.74) is 1.01. The molecule has 1 saturated heterocycles. The molecular formula is C14H16N2O3S. The second kappa shape index (κ2) is 5.87. The molecule has 0 aliphatic carbocycles. The van der Waals surface area contributed by atoms with E-state index >= 15 is 0 Å². The highest BCUT2D eigenvalue weighted by Gasteiger charge is 2.26. The molecule has 20 heavy (non-hydrogen) atoms. The highest BCUT2D eigenvalue weighted by molar-refractivity contribution is 7.18. The number of aromatic nitrogens is 1. The molecule has 6 heteroatoms. The minimum absolute atomic E-state index is 0.0618. The molecule has 106 valence electrons. The Labute approximate surface area is 120 Å². The molecule has 3 rings (SSSR count). The van der Waals surface area contributed by atoms with Crippen LogP contribution in [0, 0.1) is 0 Å². The van der Waals surface area contributed by atoms with Gasteiger partial charge in [0.2, 0.25) is 0 Å². The number of aliphatic carboxylic acids is 1. The Hall–Kier alpha value is -1.50. The lowest BCUT2D eigenvalue weighted by atomic mass is 10.1. The number of rotatable bonds is 4. The molecule has 1 fully saturated rings. The number of para-hydroxylation sites is 1. The lowest BCUT2D eigenvalue weighted by molar-refractivity contribution is -0.140. The van der Waals surface area contributed by atoms with Crippen molar-refractivity contribution in [1.29, 1.82) is 0 Å². The minimum atomic E-state index is -0.783. The molecule has 5 nitrogen and oxygen atoms in total. The van der Waals surface area contributed by atoms with E-state index in [4.69, 9.17) is 9.84 Å². The van der Waals surface area contributed by atoms with Gasteiger partial charge in [-0.2, -0.15) is 0 Å². The number of thiazole rings is 1. The number of carbonyl (C=O) groups is 1. The predicted molar refractivity (Wildman–Crippen MR) is 76.9 cm³/mol. The van der Waals surface area contributed by atoms with Crippen molar-refractivity contribution in [1.82, 2.24) is 9.88 Å². The lowest BCUT2D eigenvalue weighted by Crippen LogP contribution is -2.45. The molecule has 2 aromatic rings. The summed E-state index contributed by atoms with van der Waals surface area (Å²) in [6.45, 7) is 2.59. The van der Waals surface area contributed by atoms with Crippen molar-refractivity contribution < 1.29 is 14.6 Å². The molecule has 2 heterocycles. The maximum atomic E-state index is 10.9. The van der Waals surface area contributed by atoms with Crippen molar-refractivity contribution in [2.24, 2.45) is 0 Å². The summed E-state index contributed by atoms with van der Waals surface area (Å²) in [6.07, 6.45) is 0.116. The molecule has 0 bridgehead atoms. The third-order valence-electron chi connectivity index (χ3n) is 3.44. The topological polar surface area (TPSA) is 62.7 Å². The number of fused-ring (bicyclic) bond motifs is 1. The van der Waals surface area contributed by atoms with Crippen LogP contribution in [0.4, 0.5) is 0 Å². The van der Waals surface area contributed by atoms with Gasteiger partial charge < -0.3 is 9.84 Å². The van der Waals surface area contributed by atoms with Gasteiger partial charge in [0.1, 0.15) is 5.01 Å². The van der Waals surface area contributed by atoms with Crippen LogP contribution in [0.2, 0.25) is 0 Å². The number of carboxylic acid groups (broad SMARTS) is 1. The first-order valence-corrected chi connectivity index (χ1v) is 7.42. The number of morpholine rings is 1. The molecule has 1 aliphatic rings. The fraction of sp³-hybridized carbons (Fsp3) is 0.429. The molecule has 1 atom stereocenters. The van der Waals surface area contributed by atoms with Gasteiger partial charge in [-0.05, 0) is 12.1 Å². The maximum absolute atomic E-state index is 10.9. The SMILES string of the molecule is O=C(O)CC1COCCN1Cc1nc2ccccc2s1. The van der Waals surface area contributed by atoms with Gasteiger partial charge in [-0.15, -0.1) is 11.3 Å². The van der Waals surface area contributed by atoms with Crippen LogP contribution in [0.25, 0.3) is 10.2 Å². The van der Waals surface area contributed by atoms with Crippen LogP contribution in [0.1, 0.15) is 11.4 Å². The second-order valence-electron chi connectivity index (χ2n) is 4.87. The summed E-state index contributed by atoms with van der Waals surface area (Å²) in [5.74, 6) is -0.783. The van der Waals surface area contributed by atoms with Crippen molar-refractivity contribution in [3.8, 4) is 0 Å². The summed E-state index contributed by atoms with van der Waals surface area (Å²) >= 11 is 1.67. The third kappa shape index (κ3) is 2.98. The molecule has 1 aliphatic heterocycles. The summed E-state index contributed by atoms with van der Waals surface area (Å²) in [7, 11) is 0. The Balaban J connectivity index is 1.75. The van der Waals surface area contributed by atoms with Crippen molar-refractivity contribution >= 4 is 27.5 Å². The highest BCUT2D eigenvalue weighted by atomic mass is 32.1. The molecule has 0 saturated carbocycles. The zero-order chi connectivity index (χ0) is 13.9. The largest absolute Gasteiger partial charge is 0.481 e. The fourth-order valence-corrected chi connectivity index (χ4v) is 3.44. The number of carboxylic acids is 1. The highest BCUT2D eigenvalue weighted by Crippen LogP contribution is 2.24. The van der Waals surface area contributed by atoms with E-state index in [9.17, 15) is 4.79 Å². The van der Waals surface area contributed by atoms with E-state index in [0.29, 0.717) is 19.8 Å². The van der Waals surface area contributed by atoms with Crippen LogP contribution in [0.3, 0.4) is 0 Å². The summed E-state index contributed by atoms with van der Waals surface area (Å²) < 4.78 is 6.56. The van der Waals surface area contributed by atoms with Crippen LogP contribution < -0.4 is 0 Å². The first kappa shape index (κ1) is 13.5. The summed E-state index contributed by atoms with van der Waals surface area (Å²) in [4.78, 5) is 17.7. The van der Waals surface area contributed by atoms with Crippen molar-refractivity contribution in [3.63, 3.8) is 0 Å². The van der Waals surface area contributed by atoms with E-state index in [1.165, 1.54) is 4.70 Å². The van der Waals surface area contributed by atoms with E-state index in [0.717, 1.165) is 17.1 Å². The Morgan fingerprint density at radius 1 is 1.50 bits per heavy atom. The van der Waals surface area contributed by atoms with Crippen molar-refractivity contribution in [2.75, 3.05) is 19.8 Å². The van der Waals surface area contributed by atoms with Gasteiger partial charge in [0, 0.05) is 12.6 Å². The molecule has 1 aromatic carbocycles. The quantitative estimate of drug-likeness (QED) is 0.933. The number of ether oxygens (including phenoxy) is 1. The number of hydrogen-bond donors (Lipinski definition) is 1. The first-order chi connectivity index (χ1) is 9.72. The van der Waals surface area contributed by atoms with Gasteiger partial charge in [-0.1, -0.05) is 12.1 Å². The molecule has 1 aromatic heterocycles. The Morgan fingerprint density at radius 2 is 2.35 bits per heavy atom. The molecular weight excluding hydrogens is 276 g/mol. The van der Waals surface area contributed by atoms with Gasteiger partial charge in [0.25, 0.3) is 0 Å². The van der Waals surface area contributed by atoms with E-state index in [-0.39, 0.29) is 12.5 Å². The van der Waals surface area contributed by atoms with E-state index < -0.39 is 5.97 Å². The minimum Gasteiger partial charge on any atom is -0.481 e. The molecule has 1 N–H and O–H groups in total. The maximum Gasteiger partial charge on any atom is 0.305 e. The van der Waals surface area contributed by atoms with Gasteiger partial charge >= 0.3 is 5.97 Å². The molecule has 1 unspecified atom stereocenters. The van der Waals surface area contributed by atoms with E-state index in [1.54, 1.807) is 11.3 Å². The molecule has 0 amide bonds. The number of nitrogens with zero attached hydrogens (tertiary/aromatic N) is 2. The predicted octanol–water partition coefficient (Wildman–Crippen LogP) is 1.97. The average Bonchev–Trinajstić information content (AvgIpc) is 2.82. The zero-order valence-electron chi connectivity index (χ0n) is 11.0. The second-order valence-corrected chi connectivity index (χ2v) is 5.99.